The van der Waals surface area contributed by atoms with Gasteiger partial charge in [-0.25, -0.2) is 0 Å². The largest absolute Gasteiger partial charge is 0.316 e. The third kappa shape index (κ3) is 2.90. The zero-order valence-electron chi connectivity index (χ0n) is 12.7. The lowest BCUT2D eigenvalue weighted by Gasteiger charge is -2.22. The van der Waals surface area contributed by atoms with Crippen molar-refractivity contribution in [2.75, 3.05) is 19.4 Å². The first-order chi connectivity index (χ1) is 10.6. The van der Waals surface area contributed by atoms with Crippen LogP contribution in [0, 0.1) is 6.92 Å². The Morgan fingerprint density at radius 1 is 1.36 bits per heavy atom. The molecule has 0 aromatic carbocycles. The van der Waals surface area contributed by atoms with Gasteiger partial charge >= 0.3 is 0 Å². The Kier molecular flexibility index (Phi) is 4.24. The predicted octanol–water partition coefficient (Wildman–Crippen LogP) is 3.91. The fourth-order valence-electron chi connectivity index (χ4n) is 2.46. The molecule has 0 aliphatic carbocycles. The van der Waals surface area contributed by atoms with Crippen molar-refractivity contribution in [1.82, 2.24) is 9.88 Å². The summed E-state index contributed by atoms with van der Waals surface area (Å²) in [7, 11) is 3.84. The van der Waals surface area contributed by atoms with E-state index in [0.29, 0.717) is 0 Å². The Morgan fingerprint density at radius 3 is 2.82 bits per heavy atom. The molecule has 0 saturated carbocycles. The Balaban J connectivity index is 1.87. The molecule has 1 N–H and O–H groups in total. The van der Waals surface area contributed by atoms with Gasteiger partial charge < -0.3 is 5.32 Å². The van der Waals surface area contributed by atoms with Crippen molar-refractivity contribution in [1.29, 1.82) is 0 Å². The number of nitrogens with zero attached hydrogens (tertiary/aromatic N) is 2. The fourth-order valence-corrected chi connectivity index (χ4v) is 4.15. The van der Waals surface area contributed by atoms with Crippen LogP contribution in [0.15, 0.2) is 35.3 Å². The van der Waals surface area contributed by atoms with Crippen LogP contribution in [0.2, 0.25) is 0 Å². The highest BCUT2D eigenvalue weighted by atomic mass is 32.1. The molecule has 3 rings (SSSR count). The Hall–Kier alpha value is -1.76. The molecular weight excluding hydrogens is 314 g/mol. The van der Waals surface area contributed by atoms with Crippen molar-refractivity contribution in [3.8, 4) is 0 Å². The van der Waals surface area contributed by atoms with Gasteiger partial charge in [-0.05, 0) is 55.0 Å². The summed E-state index contributed by atoms with van der Waals surface area (Å²) in [5, 5.41) is 9.06. The number of nitrogens with one attached hydrogen (secondary N) is 1. The van der Waals surface area contributed by atoms with Crippen LogP contribution in [0.25, 0.3) is 10.1 Å². The maximum Gasteiger partial charge on any atom is 0.246 e. The minimum absolute atomic E-state index is 0.0134. The molecule has 114 valence electrons. The maximum atomic E-state index is 12.7. The first-order valence-corrected chi connectivity index (χ1v) is 8.65. The number of amides is 1. The van der Waals surface area contributed by atoms with Crippen molar-refractivity contribution in [2.24, 2.45) is 0 Å². The highest BCUT2D eigenvalue weighted by Gasteiger charge is 2.23. The molecule has 1 unspecified atom stereocenters. The number of anilines is 1. The van der Waals surface area contributed by atoms with Crippen molar-refractivity contribution in [3.05, 3.63) is 46.4 Å². The number of hydrogen-bond acceptors (Lipinski definition) is 5. The highest BCUT2D eigenvalue weighted by molar-refractivity contribution is 7.23. The van der Waals surface area contributed by atoms with E-state index >= 15 is 0 Å². The number of hydrogen-bond donors (Lipinski definition) is 1. The van der Waals surface area contributed by atoms with Gasteiger partial charge in [0.15, 0.2) is 0 Å². The van der Waals surface area contributed by atoms with Gasteiger partial charge in [-0.1, -0.05) is 0 Å². The van der Waals surface area contributed by atoms with E-state index in [1.165, 1.54) is 0 Å². The van der Waals surface area contributed by atoms with Gasteiger partial charge in [0.05, 0.1) is 9.70 Å². The molecule has 4 nitrogen and oxygen atoms in total. The third-order valence-corrected chi connectivity index (χ3v) is 5.20. The standard InChI is InChI=1S/C16H17N3OS2/c1-10-7-17-8-13-12(10)6-14(22-13)18-16(20)15(19(2)3)11-4-5-21-9-11/h4-9,15H,1-3H3,(H,18,20). The molecule has 6 heteroatoms. The number of pyridine rings is 1. The summed E-state index contributed by atoms with van der Waals surface area (Å²) >= 11 is 3.16. The number of thiophene rings is 2. The van der Waals surface area contributed by atoms with E-state index in [1.54, 1.807) is 22.7 Å². The molecule has 3 heterocycles. The fraction of sp³-hybridized carbons (Fsp3) is 0.250. The minimum atomic E-state index is -0.282. The van der Waals surface area contributed by atoms with Gasteiger partial charge in [0, 0.05) is 17.8 Å². The zero-order chi connectivity index (χ0) is 15.7. The topological polar surface area (TPSA) is 45.2 Å². The van der Waals surface area contributed by atoms with Crippen LogP contribution in [0.3, 0.4) is 0 Å². The van der Waals surface area contributed by atoms with E-state index in [-0.39, 0.29) is 11.9 Å². The molecule has 0 fully saturated rings. The van der Waals surface area contributed by atoms with Gasteiger partial charge in [0.25, 0.3) is 0 Å². The summed E-state index contributed by atoms with van der Waals surface area (Å²) in [6, 6.07) is 3.74. The molecule has 3 aromatic rings. The third-order valence-electron chi connectivity index (χ3n) is 3.52. The lowest BCUT2D eigenvalue weighted by Crippen LogP contribution is -2.31. The average molecular weight is 331 g/mol. The molecule has 1 amide bonds. The van der Waals surface area contributed by atoms with Crippen molar-refractivity contribution in [3.63, 3.8) is 0 Å². The monoisotopic (exact) mass is 331 g/mol. The van der Waals surface area contributed by atoms with Crippen LogP contribution < -0.4 is 5.32 Å². The van der Waals surface area contributed by atoms with E-state index in [4.69, 9.17) is 0 Å². The number of fused-ring (bicyclic) bond motifs is 1. The first-order valence-electron chi connectivity index (χ1n) is 6.90. The summed E-state index contributed by atoms with van der Waals surface area (Å²) in [4.78, 5) is 18.8. The summed E-state index contributed by atoms with van der Waals surface area (Å²) in [5.74, 6) is -0.0134. The maximum absolute atomic E-state index is 12.7. The molecule has 0 aliphatic heterocycles. The molecular formula is C16H17N3OS2. The van der Waals surface area contributed by atoms with E-state index in [9.17, 15) is 4.79 Å². The molecule has 22 heavy (non-hydrogen) atoms. The van der Waals surface area contributed by atoms with Crippen molar-refractivity contribution >= 4 is 43.7 Å². The summed E-state index contributed by atoms with van der Waals surface area (Å²) in [6.07, 6.45) is 3.68. The van der Waals surface area contributed by atoms with Gasteiger partial charge in [-0.3, -0.25) is 14.7 Å². The zero-order valence-corrected chi connectivity index (χ0v) is 14.3. The number of rotatable bonds is 4. The van der Waals surface area contributed by atoms with Gasteiger partial charge in [-0.2, -0.15) is 11.3 Å². The summed E-state index contributed by atoms with van der Waals surface area (Å²) in [6.45, 7) is 2.03. The summed E-state index contributed by atoms with van der Waals surface area (Å²) in [5.41, 5.74) is 2.14. The Bertz CT molecular complexity index is 793. The van der Waals surface area contributed by atoms with E-state index in [2.05, 4.69) is 10.3 Å². The van der Waals surface area contributed by atoms with Crippen LogP contribution in [-0.2, 0) is 4.79 Å². The molecule has 3 aromatic heterocycles. The molecule has 0 saturated heterocycles. The van der Waals surface area contributed by atoms with Crippen LogP contribution >= 0.6 is 22.7 Å². The number of carbonyl (C=O) groups is 1. The second-order valence-corrected chi connectivity index (χ2v) is 7.25. The summed E-state index contributed by atoms with van der Waals surface area (Å²) < 4.78 is 1.09. The highest BCUT2D eigenvalue weighted by Crippen LogP contribution is 2.32. The SMILES string of the molecule is Cc1cncc2sc(NC(=O)C(c3ccsc3)N(C)C)cc12. The number of aryl methyl sites for hydroxylation is 1. The van der Waals surface area contributed by atoms with Crippen LogP contribution in [0.4, 0.5) is 5.00 Å². The van der Waals surface area contributed by atoms with E-state index in [1.807, 2.05) is 61.2 Å². The Morgan fingerprint density at radius 2 is 2.18 bits per heavy atom. The number of likely N-dealkylation sites (N-methyl/N-ethyl adjacent to an activating group) is 1. The lowest BCUT2D eigenvalue weighted by atomic mass is 10.1. The van der Waals surface area contributed by atoms with E-state index in [0.717, 1.165) is 26.2 Å². The lowest BCUT2D eigenvalue weighted by molar-refractivity contribution is -0.120. The van der Waals surface area contributed by atoms with Gasteiger partial charge in [0.1, 0.15) is 6.04 Å². The first kappa shape index (κ1) is 15.1. The van der Waals surface area contributed by atoms with Crippen LogP contribution in [-0.4, -0.2) is 29.9 Å². The smallest absolute Gasteiger partial charge is 0.246 e. The Labute approximate surface area is 137 Å². The molecule has 0 spiro atoms. The van der Waals surface area contributed by atoms with Crippen LogP contribution in [0.5, 0.6) is 0 Å². The minimum Gasteiger partial charge on any atom is -0.316 e. The second kappa shape index (κ2) is 6.16. The van der Waals surface area contributed by atoms with Crippen molar-refractivity contribution in [2.45, 2.75) is 13.0 Å². The normalized spacial score (nSPS) is 12.7. The quantitative estimate of drug-likeness (QED) is 0.788. The van der Waals surface area contributed by atoms with E-state index < -0.39 is 0 Å². The molecule has 0 radical (unpaired) electrons. The van der Waals surface area contributed by atoms with Gasteiger partial charge in [0.2, 0.25) is 5.91 Å². The molecule has 1 atom stereocenters. The second-order valence-electron chi connectivity index (χ2n) is 5.39. The number of aromatic nitrogens is 1. The average Bonchev–Trinajstić information content (AvgIpc) is 3.08. The van der Waals surface area contributed by atoms with Gasteiger partial charge in [-0.15, -0.1) is 11.3 Å². The molecule has 0 bridgehead atoms. The van der Waals surface area contributed by atoms with Crippen LogP contribution in [0.1, 0.15) is 17.2 Å². The number of carbonyl (C=O) groups excluding carboxylic acids is 1. The predicted molar refractivity (Wildman–Crippen MR) is 93.7 cm³/mol. The van der Waals surface area contributed by atoms with Crippen molar-refractivity contribution < 1.29 is 4.79 Å². The molecule has 0 aliphatic rings.